The first-order valence-electron chi connectivity index (χ1n) is 9.04. The molecular weight excluding hydrogens is 314 g/mol. The van der Waals surface area contributed by atoms with Crippen LogP contribution in [0.15, 0.2) is 79.0 Å². The molecule has 0 bridgehead atoms. The molecule has 1 aromatic heterocycles. The molecule has 4 rings (SSSR count). The summed E-state index contributed by atoms with van der Waals surface area (Å²) in [5, 5.41) is 1.30. The van der Waals surface area contributed by atoms with Crippen LogP contribution in [0.1, 0.15) is 27.8 Å². The van der Waals surface area contributed by atoms with E-state index in [2.05, 4.69) is 110 Å². The highest BCUT2D eigenvalue weighted by Crippen LogP contribution is 2.29. The summed E-state index contributed by atoms with van der Waals surface area (Å²) in [6.45, 7) is 6.46. The third-order valence-corrected chi connectivity index (χ3v) is 4.83. The molecule has 0 fully saturated rings. The first-order chi connectivity index (χ1) is 12.6. The molecule has 0 atom stereocenters. The molecule has 0 aliphatic carbocycles. The first-order valence-corrected chi connectivity index (χ1v) is 9.04. The SMILES string of the molecule is Cc1cccc(/C=C(/c2cccc(C)c2)n2cc(C)c3ccccc32)c1. The summed E-state index contributed by atoms with van der Waals surface area (Å²) >= 11 is 0. The van der Waals surface area contributed by atoms with Crippen molar-refractivity contribution in [3.05, 3.63) is 107 Å². The molecular formula is C25H23N. The standard InChI is InChI=1S/C25H23N/c1-18-8-6-10-21(14-18)16-25(22-11-7-9-19(2)15-22)26-17-20(3)23-12-4-5-13-24(23)26/h4-17H,1-3H3/b25-16-. The summed E-state index contributed by atoms with van der Waals surface area (Å²) in [6, 6.07) is 26.0. The Hall–Kier alpha value is -3.06. The van der Waals surface area contributed by atoms with Crippen molar-refractivity contribution in [2.24, 2.45) is 0 Å². The van der Waals surface area contributed by atoms with Crippen LogP contribution in [-0.4, -0.2) is 4.57 Å². The van der Waals surface area contributed by atoms with Crippen LogP contribution >= 0.6 is 0 Å². The number of fused-ring (bicyclic) bond motifs is 1. The predicted octanol–water partition coefficient (Wildman–Crippen LogP) is 6.61. The Bertz CT molecular complexity index is 1110. The lowest BCUT2D eigenvalue weighted by molar-refractivity contribution is 1.16. The second-order valence-electron chi connectivity index (χ2n) is 7.01. The van der Waals surface area contributed by atoms with Crippen molar-refractivity contribution >= 4 is 22.7 Å². The lowest BCUT2D eigenvalue weighted by Gasteiger charge is -2.13. The molecule has 1 heterocycles. The van der Waals surface area contributed by atoms with Crippen molar-refractivity contribution in [3.63, 3.8) is 0 Å². The maximum atomic E-state index is 2.32. The Kier molecular flexibility index (Phi) is 4.22. The number of aromatic nitrogens is 1. The van der Waals surface area contributed by atoms with Crippen LogP contribution in [0.25, 0.3) is 22.7 Å². The van der Waals surface area contributed by atoms with E-state index < -0.39 is 0 Å². The van der Waals surface area contributed by atoms with Crippen LogP contribution in [0.4, 0.5) is 0 Å². The van der Waals surface area contributed by atoms with Crippen molar-refractivity contribution in [1.82, 2.24) is 4.57 Å². The molecule has 0 aliphatic heterocycles. The Morgan fingerprint density at radius 2 is 1.50 bits per heavy atom. The van der Waals surface area contributed by atoms with Crippen molar-refractivity contribution in [2.75, 3.05) is 0 Å². The van der Waals surface area contributed by atoms with Crippen molar-refractivity contribution in [2.45, 2.75) is 20.8 Å². The number of nitrogens with zero attached hydrogens (tertiary/aromatic N) is 1. The van der Waals surface area contributed by atoms with Crippen LogP contribution in [0.3, 0.4) is 0 Å². The van der Waals surface area contributed by atoms with Gasteiger partial charge in [-0.15, -0.1) is 0 Å². The van der Waals surface area contributed by atoms with Gasteiger partial charge in [-0.3, -0.25) is 0 Å². The van der Waals surface area contributed by atoms with E-state index in [-0.39, 0.29) is 0 Å². The van der Waals surface area contributed by atoms with Gasteiger partial charge in [-0.05, 0) is 55.7 Å². The van der Waals surface area contributed by atoms with E-state index in [1.54, 1.807) is 0 Å². The van der Waals surface area contributed by atoms with Gasteiger partial charge in [-0.1, -0.05) is 71.8 Å². The highest BCUT2D eigenvalue weighted by Gasteiger charge is 2.11. The van der Waals surface area contributed by atoms with Gasteiger partial charge in [-0.2, -0.15) is 0 Å². The number of aryl methyl sites for hydroxylation is 3. The average Bonchev–Trinajstić information content (AvgIpc) is 2.97. The highest BCUT2D eigenvalue weighted by molar-refractivity contribution is 5.92. The number of rotatable bonds is 3. The second-order valence-corrected chi connectivity index (χ2v) is 7.01. The third kappa shape index (κ3) is 3.09. The van der Waals surface area contributed by atoms with Gasteiger partial charge in [0.15, 0.2) is 0 Å². The first kappa shape index (κ1) is 16.4. The van der Waals surface area contributed by atoms with Crippen molar-refractivity contribution in [3.8, 4) is 0 Å². The molecule has 128 valence electrons. The van der Waals surface area contributed by atoms with E-state index >= 15 is 0 Å². The number of hydrogen-bond acceptors (Lipinski definition) is 0. The predicted molar refractivity (Wildman–Crippen MR) is 112 cm³/mol. The molecule has 0 unspecified atom stereocenters. The molecule has 0 saturated heterocycles. The molecule has 3 aromatic carbocycles. The maximum Gasteiger partial charge on any atom is 0.0534 e. The minimum Gasteiger partial charge on any atom is -0.316 e. The zero-order valence-corrected chi connectivity index (χ0v) is 15.5. The number of benzene rings is 3. The maximum absolute atomic E-state index is 2.32. The highest BCUT2D eigenvalue weighted by atomic mass is 15.0. The topological polar surface area (TPSA) is 4.93 Å². The fourth-order valence-electron chi connectivity index (χ4n) is 3.56. The second kappa shape index (κ2) is 6.68. The number of hydrogen-bond donors (Lipinski definition) is 0. The fourth-order valence-corrected chi connectivity index (χ4v) is 3.56. The van der Waals surface area contributed by atoms with E-state index in [0.717, 1.165) is 0 Å². The van der Waals surface area contributed by atoms with Gasteiger partial charge in [0, 0.05) is 11.6 Å². The van der Waals surface area contributed by atoms with Crippen LogP contribution in [0, 0.1) is 20.8 Å². The van der Waals surface area contributed by atoms with E-state index in [1.165, 1.54) is 44.4 Å². The van der Waals surface area contributed by atoms with Crippen molar-refractivity contribution < 1.29 is 0 Å². The van der Waals surface area contributed by atoms with E-state index in [1.807, 2.05) is 0 Å². The summed E-state index contributed by atoms with van der Waals surface area (Å²) in [7, 11) is 0. The van der Waals surface area contributed by atoms with E-state index in [4.69, 9.17) is 0 Å². The van der Waals surface area contributed by atoms with Crippen LogP contribution in [0.5, 0.6) is 0 Å². The van der Waals surface area contributed by atoms with Crippen LogP contribution in [-0.2, 0) is 0 Å². The fraction of sp³-hybridized carbons (Fsp3) is 0.120. The summed E-state index contributed by atoms with van der Waals surface area (Å²) < 4.78 is 2.32. The van der Waals surface area contributed by atoms with Crippen molar-refractivity contribution in [1.29, 1.82) is 0 Å². The van der Waals surface area contributed by atoms with Gasteiger partial charge in [0.25, 0.3) is 0 Å². The molecule has 0 saturated carbocycles. The Balaban J connectivity index is 1.99. The molecule has 4 aromatic rings. The smallest absolute Gasteiger partial charge is 0.0534 e. The summed E-state index contributed by atoms with van der Waals surface area (Å²) in [5.74, 6) is 0. The van der Waals surface area contributed by atoms with Gasteiger partial charge in [-0.25, -0.2) is 0 Å². The Morgan fingerprint density at radius 3 is 2.27 bits per heavy atom. The Labute approximate surface area is 155 Å². The quantitative estimate of drug-likeness (QED) is 0.371. The monoisotopic (exact) mass is 337 g/mol. The molecule has 0 spiro atoms. The molecule has 0 radical (unpaired) electrons. The lowest BCUT2D eigenvalue weighted by Crippen LogP contribution is -1.98. The molecule has 0 amide bonds. The minimum absolute atomic E-state index is 1.20. The van der Waals surface area contributed by atoms with Crippen LogP contribution in [0.2, 0.25) is 0 Å². The van der Waals surface area contributed by atoms with Crippen LogP contribution < -0.4 is 0 Å². The van der Waals surface area contributed by atoms with Gasteiger partial charge >= 0.3 is 0 Å². The van der Waals surface area contributed by atoms with E-state index in [9.17, 15) is 0 Å². The van der Waals surface area contributed by atoms with Gasteiger partial charge < -0.3 is 4.57 Å². The summed E-state index contributed by atoms with van der Waals surface area (Å²) in [4.78, 5) is 0. The van der Waals surface area contributed by atoms with Gasteiger partial charge in [0.1, 0.15) is 0 Å². The zero-order valence-electron chi connectivity index (χ0n) is 15.5. The normalized spacial score (nSPS) is 11.9. The molecule has 26 heavy (non-hydrogen) atoms. The lowest BCUT2D eigenvalue weighted by atomic mass is 10.0. The average molecular weight is 337 g/mol. The van der Waals surface area contributed by atoms with Gasteiger partial charge in [0.2, 0.25) is 0 Å². The molecule has 0 aliphatic rings. The third-order valence-electron chi connectivity index (χ3n) is 4.83. The summed E-state index contributed by atoms with van der Waals surface area (Å²) in [5.41, 5.74) is 8.73. The molecule has 1 heteroatoms. The summed E-state index contributed by atoms with van der Waals surface area (Å²) in [6.07, 6.45) is 4.53. The largest absolute Gasteiger partial charge is 0.316 e. The van der Waals surface area contributed by atoms with Gasteiger partial charge in [0.05, 0.1) is 11.2 Å². The Morgan fingerprint density at radius 1 is 0.769 bits per heavy atom. The number of para-hydroxylation sites is 1. The zero-order chi connectivity index (χ0) is 18.1. The minimum atomic E-state index is 1.20. The molecule has 0 N–H and O–H groups in total. The van der Waals surface area contributed by atoms with E-state index in [0.29, 0.717) is 0 Å². The molecule has 1 nitrogen and oxygen atoms in total.